The second kappa shape index (κ2) is 5.27. The molecule has 0 radical (unpaired) electrons. The van der Waals surface area contributed by atoms with Crippen LogP contribution in [0.2, 0.25) is 0 Å². The Morgan fingerprint density at radius 3 is 2.00 bits per heavy atom. The molecule has 102 valence electrons. The van der Waals surface area contributed by atoms with Crippen molar-refractivity contribution in [3.8, 4) is 0 Å². The first-order valence-electron chi connectivity index (χ1n) is 7.17. The summed E-state index contributed by atoms with van der Waals surface area (Å²) in [6.45, 7) is 16.4. The molecule has 0 aromatic carbocycles. The van der Waals surface area contributed by atoms with Crippen LogP contribution in [0.3, 0.4) is 0 Å². The van der Waals surface area contributed by atoms with E-state index in [1.165, 1.54) is 25.9 Å². The number of hydrogen-bond donors (Lipinski definition) is 1. The molecule has 1 rings (SSSR count). The summed E-state index contributed by atoms with van der Waals surface area (Å²) in [6, 6.07) is 0.819. The third-order valence-electron chi connectivity index (χ3n) is 4.31. The van der Waals surface area contributed by atoms with E-state index in [1.807, 2.05) is 0 Å². The van der Waals surface area contributed by atoms with Crippen LogP contribution in [0, 0.1) is 10.8 Å². The maximum atomic E-state index is 6.36. The van der Waals surface area contributed by atoms with Crippen LogP contribution < -0.4 is 5.73 Å². The van der Waals surface area contributed by atoms with Gasteiger partial charge in [-0.3, -0.25) is 4.90 Å². The molecule has 1 heterocycles. The lowest BCUT2D eigenvalue weighted by Crippen LogP contribution is -2.57. The lowest BCUT2D eigenvalue weighted by atomic mass is 9.76. The first-order valence-corrected chi connectivity index (χ1v) is 7.17. The van der Waals surface area contributed by atoms with Crippen molar-refractivity contribution in [3.05, 3.63) is 0 Å². The van der Waals surface area contributed by atoms with E-state index in [0.29, 0.717) is 17.5 Å². The van der Waals surface area contributed by atoms with Crippen molar-refractivity contribution in [1.29, 1.82) is 0 Å². The van der Waals surface area contributed by atoms with E-state index in [2.05, 4.69) is 46.4 Å². The minimum absolute atomic E-state index is 0.275. The highest BCUT2D eigenvalue weighted by molar-refractivity contribution is 4.93. The van der Waals surface area contributed by atoms with Crippen LogP contribution in [0.1, 0.15) is 60.8 Å². The second-order valence-electron chi connectivity index (χ2n) is 7.58. The summed E-state index contributed by atoms with van der Waals surface area (Å²) in [6.07, 6.45) is 3.67. The average Bonchev–Trinajstić information content (AvgIpc) is 2.18. The van der Waals surface area contributed by atoms with E-state index in [9.17, 15) is 0 Å². The predicted molar refractivity (Wildman–Crippen MR) is 76.1 cm³/mol. The van der Waals surface area contributed by atoms with E-state index in [0.717, 1.165) is 6.42 Å². The summed E-state index contributed by atoms with van der Waals surface area (Å²) in [7, 11) is 0. The van der Waals surface area contributed by atoms with Crippen molar-refractivity contribution in [1.82, 2.24) is 4.90 Å². The number of rotatable bonds is 3. The zero-order valence-electron chi connectivity index (χ0n) is 12.7. The standard InChI is InChI=1S/C15H32N2/c1-7-12(16)13(14(2,3)4)17-10-8-15(5,6)9-11-17/h12-13H,7-11,16H2,1-6H3. The molecular formula is C15H32N2. The molecule has 1 aliphatic heterocycles. The number of likely N-dealkylation sites (tertiary alicyclic amines) is 1. The SMILES string of the molecule is CCC(N)C(N1CCC(C)(C)CC1)C(C)(C)C. The molecule has 17 heavy (non-hydrogen) atoms. The van der Waals surface area contributed by atoms with Crippen LogP contribution in [-0.2, 0) is 0 Å². The van der Waals surface area contributed by atoms with Gasteiger partial charge in [0, 0.05) is 12.1 Å². The molecule has 2 unspecified atom stereocenters. The van der Waals surface area contributed by atoms with Crippen molar-refractivity contribution >= 4 is 0 Å². The summed E-state index contributed by atoms with van der Waals surface area (Å²) in [5.74, 6) is 0. The van der Waals surface area contributed by atoms with Crippen LogP contribution in [0.15, 0.2) is 0 Å². The number of piperidine rings is 1. The Hall–Kier alpha value is -0.0800. The van der Waals surface area contributed by atoms with Crippen molar-refractivity contribution in [2.24, 2.45) is 16.6 Å². The normalized spacial score (nSPS) is 25.6. The zero-order valence-corrected chi connectivity index (χ0v) is 12.7. The Balaban J connectivity index is 2.73. The van der Waals surface area contributed by atoms with Crippen LogP contribution in [0.25, 0.3) is 0 Å². The highest BCUT2D eigenvalue weighted by Crippen LogP contribution is 2.35. The van der Waals surface area contributed by atoms with Crippen molar-refractivity contribution < 1.29 is 0 Å². The molecule has 0 saturated carbocycles. The van der Waals surface area contributed by atoms with Crippen molar-refractivity contribution in [3.63, 3.8) is 0 Å². The fraction of sp³-hybridized carbons (Fsp3) is 1.00. The summed E-state index contributed by atoms with van der Waals surface area (Å²) in [5.41, 5.74) is 7.16. The molecule has 0 spiro atoms. The summed E-state index contributed by atoms with van der Waals surface area (Å²) in [4.78, 5) is 2.64. The smallest absolute Gasteiger partial charge is 0.0295 e. The van der Waals surface area contributed by atoms with Crippen LogP contribution in [0.4, 0.5) is 0 Å². The van der Waals surface area contributed by atoms with Gasteiger partial charge >= 0.3 is 0 Å². The van der Waals surface area contributed by atoms with Gasteiger partial charge in [-0.25, -0.2) is 0 Å². The van der Waals surface area contributed by atoms with Gasteiger partial charge in [0.1, 0.15) is 0 Å². The van der Waals surface area contributed by atoms with Crippen LogP contribution in [0.5, 0.6) is 0 Å². The number of nitrogens with two attached hydrogens (primary N) is 1. The Bertz CT molecular complexity index is 230. The van der Waals surface area contributed by atoms with Crippen LogP contribution >= 0.6 is 0 Å². The Morgan fingerprint density at radius 1 is 1.18 bits per heavy atom. The molecule has 2 nitrogen and oxygen atoms in total. The molecule has 1 fully saturated rings. The molecule has 0 amide bonds. The molecule has 2 N–H and O–H groups in total. The Morgan fingerprint density at radius 2 is 1.65 bits per heavy atom. The fourth-order valence-corrected chi connectivity index (χ4v) is 3.09. The van der Waals surface area contributed by atoms with E-state index >= 15 is 0 Å². The van der Waals surface area contributed by atoms with E-state index in [1.54, 1.807) is 0 Å². The fourth-order valence-electron chi connectivity index (χ4n) is 3.09. The predicted octanol–water partition coefficient (Wildman–Crippen LogP) is 3.26. The minimum atomic E-state index is 0.275. The maximum Gasteiger partial charge on any atom is 0.0295 e. The third kappa shape index (κ3) is 3.96. The first kappa shape index (κ1) is 15.0. The minimum Gasteiger partial charge on any atom is -0.326 e. The van der Waals surface area contributed by atoms with Gasteiger partial charge in [0.25, 0.3) is 0 Å². The summed E-state index contributed by atoms with van der Waals surface area (Å²) >= 11 is 0. The highest BCUT2D eigenvalue weighted by Gasteiger charge is 2.37. The largest absolute Gasteiger partial charge is 0.326 e. The molecule has 0 aliphatic carbocycles. The lowest BCUT2D eigenvalue weighted by molar-refractivity contribution is 0.0276. The van der Waals surface area contributed by atoms with Gasteiger partial charge in [0.15, 0.2) is 0 Å². The zero-order chi connectivity index (χ0) is 13.3. The third-order valence-corrected chi connectivity index (χ3v) is 4.31. The van der Waals surface area contributed by atoms with E-state index in [4.69, 9.17) is 5.73 Å². The Labute approximate surface area is 108 Å². The lowest BCUT2D eigenvalue weighted by Gasteiger charge is -2.48. The second-order valence-corrected chi connectivity index (χ2v) is 7.58. The number of nitrogens with zero attached hydrogens (tertiary/aromatic N) is 1. The highest BCUT2D eigenvalue weighted by atomic mass is 15.2. The average molecular weight is 240 g/mol. The topological polar surface area (TPSA) is 29.3 Å². The van der Waals surface area contributed by atoms with Gasteiger partial charge < -0.3 is 5.73 Å². The number of hydrogen-bond acceptors (Lipinski definition) is 2. The van der Waals surface area contributed by atoms with E-state index < -0.39 is 0 Å². The summed E-state index contributed by atoms with van der Waals surface area (Å²) < 4.78 is 0. The van der Waals surface area contributed by atoms with Gasteiger partial charge in [-0.05, 0) is 43.2 Å². The van der Waals surface area contributed by atoms with E-state index in [-0.39, 0.29) is 5.41 Å². The molecule has 0 bridgehead atoms. The molecule has 0 aromatic rings. The first-order chi connectivity index (χ1) is 7.67. The van der Waals surface area contributed by atoms with Gasteiger partial charge in [-0.1, -0.05) is 41.5 Å². The van der Waals surface area contributed by atoms with Gasteiger partial charge in [0.2, 0.25) is 0 Å². The van der Waals surface area contributed by atoms with Crippen molar-refractivity contribution in [2.75, 3.05) is 13.1 Å². The summed E-state index contributed by atoms with van der Waals surface area (Å²) in [5, 5.41) is 0. The molecule has 2 heteroatoms. The molecule has 1 aliphatic rings. The molecule has 2 atom stereocenters. The molecule has 1 saturated heterocycles. The van der Waals surface area contributed by atoms with Crippen molar-refractivity contribution in [2.45, 2.75) is 72.9 Å². The van der Waals surface area contributed by atoms with Crippen LogP contribution in [-0.4, -0.2) is 30.1 Å². The quantitative estimate of drug-likeness (QED) is 0.820. The van der Waals surface area contributed by atoms with Gasteiger partial charge in [-0.15, -0.1) is 0 Å². The molecular weight excluding hydrogens is 208 g/mol. The monoisotopic (exact) mass is 240 g/mol. The maximum absolute atomic E-state index is 6.36. The van der Waals surface area contributed by atoms with Gasteiger partial charge in [0.05, 0.1) is 0 Å². The molecule has 0 aromatic heterocycles. The van der Waals surface area contributed by atoms with Gasteiger partial charge in [-0.2, -0.15) is 0 Å². The Kier molecular flexibility index (Phi) is 4.65.